The van der Waals surface area contributed by atoms with Crippen molar-refractivity contribution in [2.45, 2.75) is 110 Å². The number of nitrogens with zero attached hydrogens (tertiary/aromatic N) is 6. The van der Waals surface area contributed by atoms with Crippen molar-refractivity contribution in [3.05, 3.63) is 65.2 Å². The number of nitrogens with one attached hydrogen (secondary N) is 2. The average molecular weight is 735 g/mol. The molecule has 3 fully saturated rings. The Morgan fingerprint density at radius 3 is 2.43 bits per heavy atom. The molecular weight excluding hydrogens is 684 g/mol. The van der Waals surface area contributed by atoms with Crippen LogP contribution in [0.3, 0.4) is 0 Å². The quantitative estimate of drug-likeness (QED) is 0.207. The molecule has 0 atom stereocenters. The highest BCUT2D eigenvalue weighted by molar-refractivity contribution is 6.09. The lowest BCUT2D eigenvalue weighted by molar-refractivity contribution is -0.134. The normalized spacial score (nSPS) is 21.1. The van der Waals surface area contributed by atoms with E-state index in [9.17, 15) is 14.4 Å². The zero-order valence-electron chi connectivity index (χ0n) is 32.0. The number of aromatic nitrogens is 3. The number of likely N-dealkylation sites (tertiary alicyclic amines) is 2. The first-order valence-corrected chi connectivity index (χ1v) is 19.7. The second-order valence-corrected chi connectivity index (χ2v) is 16.0. The minimum absolute atomic E-state index is 0.0445. The van der Waals surface area contributed by atoms with Crippen molar-refractivity contribution in [3.8, 4) is 11.3 Å². The molecule has 4 aliphatic rings. The first-order valence-electron chi connectivity index (χ1n) is 19.7. The van der Waals surface area contributed by atoms with E-state index in [1.54, 1.807) is 26.2 Å². The van der Waals surface area contributed by atoms with Crippen molar-refractivity contribution in [3.63, 3.8) is 0 Å². The number of hydrogen-bond acceptors (Lipinski definition) is 7. The topological polar surface area (TPSA) is 116 Å². The van der Waals surface area contributed by atoms with Gasteiger partial charge in [-0.3, -0.25) is 14.4 Å². The maximum absolute atomic E-state index is 15.6. The van der Waals surface area contributed by atoms with E-state index in [1.165, 1.54) is 25.3 Å². The number of aryl methyl sites for hydroxylation is 2. The van der Waals surface area contributed by atoms with Gasteiger partial charge in [-0.25, -0.2) is 14.4 Å². The third-order valence-corrected chi connectivity index (χ3v) is 12.3. The molecule has 2 aromatic heterocycles. The molecule has 1 saturated carbocycles. The summed E-state index contributed by atoms with van der Waals surface area (Å²) in [6.07, 6.45) is 8.63. The van der Waals surface area contributed by atoms with E-state index >= 15 is 4.39 Å². The molecule has 8 rings (SSSR count). The van der Waals surface area contributed by atoms with Crippen molar-refractivity contribution in [2.24, 2.45) is 0 Å². The van der Waals surface area contributed by atoms with Gasteiger partial charge in [-0.05, 0) is 115 Å². The zero-order valence-corrected chi connectivity index (χ0v) is 32.0. The molecular formula is C42H51FN8O3. The Balaban J connectivity index is 1.18. The number of benzene rings is 2. The van der Waals surface area contributed by atoms with Crippen LogP contribution in [0.15, 0.2) is 42.7 Å². The predicted molar refractivity (Wildman–Crippen MR) is 209 cm³/mol. The summed E-state index contributed by atoms with van der Waals surface area (Å²) >= 11 is 0. The van der Waals surface area contributed by atoms with E-state index in [1.807, 2.05) is 42.4 Å². The summed E-state index contributed by atoms with van der Waals surface area (Å²) in [7, 11) is 0. The lowest BCUT2D eigenvalue weighted by Crippen LogP contribution is -2.58. The molecule has 0 unspecified atom stereocenters. The van der Waals surface area contributed by atoms with Crippen molar-refractivity contribution in [2.75, 3.05) is 36.4 Å². The van der Waals surface area contributed by atoms with Gasteiger partial charge in [0.25, 0.3) is 5.91 Å². The Hall–Kier alpha value is -4.84. The minimum Gasteiger partial charge on any atom is -0.350 e. The number of halogens is 1. The van der Waals surface area contributed by atoms with Gasteiger partial charge in [-0.1, -0.05) is 18.6 Å². The summed E-state index contributed by atoms with van der Waals surface area (Å²) in [6.45, 7) is 13.1. The third kappa shape index (κ3) is 6.21. The van der Waals surface area contributed by atoms with E-state index in [0.29, 0.717) is 66.7 Å². The van der Waals surface area contributed by atoms with Gasteiger partial charge in [0.1, 0.15) is 11.3 Å². The maximum atomic E-state index is 15.6. The molecule has 11 nitrogen and oxygen atoms in total. The smallest absolute Gasteiger partial charge is 0.251 e. The van der Waals surface area contributed by atoms with Gasteiger partial charge in [-0.2, -0.15) is 0 Å². The molecule has 284 valence electrons. The molecule has 0 bridgehead atoms. The molecule has 2 aromatic carbocycles. The zero-order chi connectivity index (χ0) is 37.9. The molecule has 3 aliphatic heterocycles. The second kappa shape index (κ2) is 14.1. The summed E-state index contributed by atoms with van der Waals surface area (Å²) in [4.78, 5) is 56.4. The Bertz CT molecular complexity index is 2130. The van der Waals surface area contributed by atoms with Crippen molar-refractivity contribution in [1.29, 1.82) is 0 Å². The number of carbonyl (C=O) groups is 3. The van der Waals surface area contributed by atoms with Crippen LogP contribution >= 0.6 is 0 Å². The van der Waals surface area contributed by atoms with Gasteiger partial charge in [-0.15, -0.1) is 0 Å². The molecule has 54 heavy (non-hydrogen) atoms. The van der Waals surface area contributed by atoms with Crippen LogP contribution in [0.2, 0.25) is 0 Å². The molecule has 1 aliphatic carbocycles. The standard InChI is InChI=1S/C42H51FN8O3/c1-6-48-24-44-36-23-34(46-39(38(36)48)47-35-22-31(26(4)18-33(35)43)40(53)45-25(2)3)28-10-11-32-37(19-28)51(30-20-29(21-30)50-14-8-7-9-15-50)41(54)42(32)12-16-49(17-13-42)27(5)52/h10-11,18-19,22-25,29-30H,6-9,12-17,20-21H2,1-5H3,(H,45,53)(H,46,47)/t29-,30+. The van der Waals surface area contributed by atoms with Gasteiger partial charge < -0.3 is 29.9 Å². The fourth-order valence-electron chi connectivity index (χ4n) is 9.20. The summed E-state index contributed by atoms with van der Waals surface area (Å²) < 4.78 is 17.6. The Labute approximate surface area is 316 Å². The molecule has 12 heteroatoms. The van der Waals surface area contributed by atoms with E-state index in [4.69, 9.17) is 9.97 Å². The summed E-state index contributed by atoms with van der Waals surface area (Å²) in [6, 6.07) is 11.6. The highest BCUT2D eigenvalue weighted by Gasteiger charge is 2.55. The number of pyridine rings is 1. The number of carbonyl (C=O) groups excluding carboxylic acids is 3. The van der Waals surface area contributed by atoms with Gasteiger partial charge in [0.2, 0.25) is 11.8 Å². The third-order valence-electron chi connectivity index (χ3n) is 12.3. The molecule has 2 N–H and O–H groups in total. The maximum Gasteiger partial charge on any atom is 0.251 e. The monoisotopic (exact) mass is 734 g/mol. The van der Waals surface area contributed by atoms with E-state index in [2.05, 4.69) is 32.6 Å². The highest BCUT2D eigenvalue weighted by atomic mass is 19.1. The van der Waals surface area contributed by atoms with Gasteiger partial charge in [0.05, 0.1) is 28.6 Å². The first-order chi connectivity index (χ1) is 26.0. The van der Waals surface area contributed by atoms with Crippen molar-refractivity contribution in [1.82, 2.24) is 29.7 Å². The molecule has 0 radical (unpaired) electrons. The highest BCUT2D eigenvalue weighted by Crippen LogP contribution is 2.52. The molecule has 2 saturated heterocycles. The molecule has 3 amide bonds. The number of anilines is 3. The van der Waals surface area contributed by atoms with Crippen LogP contribution in [0.5, 0.6) is 0 Å². The number of hydrogen-bond donors (Lipinski definition) is 2. The van der Waals surface area contributed by atoms with Crippen molar-refractivity contribution >= 4 is 45.9 Å². The fourth-order valence-corrected chi connectivity index (χ4v) is 9.20. The lowest BCUT2D eigenvalue weighted by Gasteiger charge is -2.48. The second-order valence-electron chi connectivity index (χ2n) is 16.0. The van der Waals surface area contributed by atoms with Crippen LogP contribution in [0.1, 0.15) is 94.1 Å². The van der Waals surface area contributed by atoms with Crippen LogP contribution in [0, 0.1) is 12.7 Å². The van der Waals surface area contributed by atoms with Crippen molar-refractivity contribution < 1.29 is 18.8 Å². The largest absolute Gasteiger partial charge is 0.350 e. The van der Waals surface area contributed by atoms with Crippen LogP contribution < -0.4 is 15.5 Å². The number of fused-ring (bicyclic) bond motifs is 3. The Kier molecular flexibility index (Phi) is 9.44. The van der Waals surface area contributed by atoms with Gasteiger partial charge >= 0.3 is 0 Å². The Morgan fingerprint density at radius 2 is 1.74 bits per heavy atom. The van der Waals surface area contributed by atoms with Crippen LogP contribution in [0.25, 0.3) is 22.3 Å². The minimum atomic E-state index is -0.664. The first kappa shape index (κ1) is 36.2. The number of amides is 3. The summed E-state index contributed by atoms with van der Waals surface area (Å²) in [5.74, 6) is -0.147. The Morgan fingerprint density at radius 1 is 1.00 bits per heavy atom. The summed E-state index contributed by atoms with van der Waals surface area (Å²) in [5.41, 5.74) is 5.24. The van der Waals surface area contributed by atoms with Gasteiger partial charge in [0, 0.05) is 61.5 Å². The fraction of sp³-hybridized carbons (Fsp3) is 0.500. The molecule has 4 aromatic rings. The van der Waals surface area contributed by atoms with E-state index < -0.39 is 11.2 Å². The van der Waals surface area contributed by atoms with E-state index in [0.717, 1.165) is 48.3 Å². The van der Waals surface area contributed by atoms with Crippen LogP contribution in [0.4, 0.5) is 21.6 Å². The predicted octanol–water partition coefficient (Wildman–Crippen LogP) is 6.69. The van der Waals surface area contributed by atoms with Crippen LogP contribution in [-0.2, 0) is 21.5 Å². The van der Waals surface area contributed by atoms with E-state index in [-0.39, 0.29) is 35.5 Å². The molecule has 1 spiro atoms. The number of imidazole rings is 1. The SMILES string of the molecule is CCn1cnc2cc(-c3ccc4c(c3)N([C@H]3C[C@@H](N5CCCCC5)C3)C(=O)C43CCN(C(C)=O)CC3)nc(Nc3cc(C(=O)NC(C)C)c(C)cc3F)c21. The number of rotatable bonds is 8. The average Bonchev–Trinajstić information content (AvgIpc) is 3.65. The van der Waals surface area contributed by atoms with Crippen LogP contribution in [-0.4, -0.2) is 86.4 Å². The summed E-state index contributed by atoms with van der Waals surface area (Å²) in [5, 5.41) is 6.14. The number of piperidine rings is 2. The molecule has 5 heterocycles. The van der Waals surface area contributed by atoms with Gasteiger partial charge in [0.15, 0.2) is 5.82 Å². The lowest BCUT2D eigenvalue weighted by atomic mass is 9.73.